The number of nitrogens with zero attached hydrogens (tertiary/aromatic N) is 1. The van der Waals surface area contributed by atoms with Gasteiger partial charge in [-0.15, -0.1) is 0 Å². The van der Waals surface area contributed by atoms with Gasteiger partial charge in [-0.1, -0.05) is 0 Å². The molecule has 4 heteroatoms. The van der Waals surface area contributed by atoms with E-state index in [0.717, 1.165) is 22.9 Å². The number of alkyl halides is 2. The zero-order valence-electron chi connectivity index (χ0n) is 14.3. The van der Waals surface area contributed by atoms with Crippen LogP contribution in [0.4, 0.5) is 4.79 Å². The summed E-state index contributed by atoms with van der Waals surface area (Å²) in [4.78, 5) is 13.8. The fraction of sp³-hybridized carbons (Fsp3) is 0.944. The third kappa shape index (κ3) is 6.44. The van der Waals surface area contributed by atoms with Gasteiger partial charge in [0.15, 0.2) is 0 Å². The van der Waals surface area contributed by atoms with Crippen molar-refractivity contribution in [1.29, 1.82) is 0 Å². The first-order valence-electron chi connectivity index (χ1n) is 9.07. The van der Waals surface area contributed by atoms with E-state index in [1.54, 1.807) is 0 Å². The molecule has 3 unspecified atom stereocenters. The molecule has 22 heavy (non-hydrogen) atoms. The predicted octanol–water partition coefficient (Wildman–Crippen LogP) is 2.62. The van der Waals surface area contributed by atoms with Gasteiger partial charge in [-0.3, -0.25) is 0 Å². The molecular formula is C18H32I2NO-. The molecule has 0 spiro atoms. The Hall–Kier alpha value is 0.930. The standard InChI is InChI=1S/C18H32I2NO/c1-15-8-4-3-5-11-18(2,12-6-9-15)20-16-10-7-13-21(14-16)17(19)22/h15-16H,3-14H2,1-2H3/q-1. The van der Waals surface area contributed by atoms with Gasteiger partial charge in [0.05, 0.1) is 0 Å². The van der Waals surface area contributed by atoms with Crippen LogP contribution in [0.2, 0.25) is 0 Å². The van der Waals surface area contributed by atoms with E-state index in [-0.39, 0.29) is 25.1 Å². The Kier molecular flexibility index (Phi) is 8.25. The topological polar surface area (TPSA) is 20.3 Å². The van der Waals surface area contributed by atoms with Crippen molar-refractivity contribution in [2.24, 2.45) is 5.92 Å². The molecule has 0 aromatic heterocycles. The van der Waals surface area contributed by atoms with Crippen LogP contribution in [-0.4, -0.2) is 29.2 Å². The molecule has 3 atom stereocenters. The number of hydrogen-bond acceptors (Lipinski definition) is 1. The molecule has 1 saturated heterocycles. The van der Waals surface area contributed by atoms with Gasteiger partial charge in [-0.05, 0) is 0 Å². The van der Waals surface area contributed by atoms with E-state index < -0.39 is 0 Å². The third-order valence-electron chi connectivity index (χ3n) is 5.32. The molecule has 0 bridgehead atoms. The molecule has 2 aliphatic rings. The SMILES string of the molecule is CC1CCCCCC(C)([I-]C2CCCN(C(=O)I)C2)CCC1. The first-order valence-corrected chi connectivity index (χ1v) is 12.5. The van der Waals surface area contributed by atoms with Crippen molar-refractivity contribution in [2.75, 3.05) is 13.1 Å². The third-order valence-corrected chi connectivity index (χ3v) is 10.5. The molecule has 0 radical (unpaired) electrons. The zero-order chi connectivity index (χ0) is 16.0. The molecule has 1 saturated carbocycles. The van der Waals surface area contributed by atoms with E-state index in [1.165, 1.54) is 64.2 Å². The maximum atomic E-state index is 11.7. The number of piperidine rings is 1. The molecule has 0 aromatic rings. The summed E-state index contributed by atoms with van der Waals surface area (Å²) < 4.78 is 1.73. The molecule has 0 N–H and O–H groups in total. The molecule has 2 fully saturated rings. The van der Waals surface area contributed by atoms with Crippen molar-refractivity contribution in [3.63, 3.8) is 0 Å². The summed E-state index contributed by atoms with van der Waals surface area (Å²) in [5, 5.41) is 0. The molecule has 0 aromatic carbocycles. The summed E-state index contributed by atoms with van der Waals surface area (Å²) in [5.74, 6) is 0.933. The summed E-state index contributed by atoms with van der Waals surface area (Å²) in [6.45, 7) is 7.08. The van der Waals surface area contributed by atoms with E-state index in [4.69, 9.17) is 0 Å². The van der Waals surface area contributed by atoms with Crippen molar-refractivity contribution in [3.05, 3.63) is 0 Å². The summed E-state index contributed by atoms with van der Waals surface area (Å²) in [6.07, 6.45) is 14.1. The van der Waals surface area contributed by atoms with Gasteiger partial charge in [-0.2, -0.15) is 0 Å². The quantitative estimate of drug-likeness (QED) is 0.232. The van der Waals surface area contributed by atoms with Crippen molar-refractivity contribution in [1.82, 2.24) is 4.90 Å². The van der Waals surface area contributed by atoms with Crippen LogP contribution in [0.1, 0.15) is 78.1 Å². The second kappa shape index (κ2) is 9.42. The van der Waals surface area contributed by atoms with Crippen LogP contribution in [0.3, 0.4) is 0 Å². The van der Waals surface area contributed by atoms with E-state index in [1.807, 2.05) is 22.6 Å². The average molecular weight is 532 g/mol. The van der Waals surface area contributed by atoms with Gasteiger partial charge < -0.3 is 0 Å². The predicted molar refractivity (Wildman–Crippen MR) is 98.5 cm³/mol. The molecule has 1 aliphatic carbocycles. The van der Waals surface area contributed by atoms with E-state index in [9.17, 15) is 4.79 Å². The molecule has 1 heterocycles. The number of amides is 1. The molecule has 2 rings (SSSR count). The molecule has 130 valence electrons. The van der Waals surface area contributed by atoms with Crippen LogP contribution >= 0.6 is 22.6 Å². The number of halogens is 2. The van der Waals surface area contributed by atoms with Crippen molar-refractivity contribution in [3.8, 4) is 0 Å². The molecule has 1 amide bonds. The summed E-state index contributed by atoms with van der Waals surface area (Å²) >= 11 is 2.15. The Morgan fingerprint density at radius 3 is 2.59 bits per heavy atom. The normalized spacial score (nSPS) is 35.3. The van der Waals surface area contributed by atoms with E-state index >= 15 is 0 Å². The summed E-state index contributed by atoms with van der Waals surface area (Å²) in [5.41, 5.74) is 0. The zero-order valence-corrected chi connectivity index (χ0v) is 18.6. The van der Waals surface area contributed by atoms with Gasteiger partial charge in [0.2, 0.25) is 0 Å². The molecule has 1 aliphatic heterocycles. The number of carbonyl (C=O) groups is 1. The monoisotopic (exact) mass is 532 g/mol. The van der Waals surface area contributed by atoms with Crippen molar-refractivity contribution < 1.29 is 26.0 Å². The summed E-state index contributed by atoms with van der Waals surface area (Å²) in [6, 6.07) is 0. The minimum absolute atomic E-state index is 0.183. The Balaban J connectivity index is 1.90. The van der Waals surface area contributed by atoms with Crippen LogP contribution in [-0.2, 0) is 0 Å². The van der Waals surface area contributed by atoms with Crippen LogP contribution in [0.15, 0.2) is 0 Å². The van der Waals surface area contributed by atoms with Crippen LogP contribution in [0.25, 0.3) is 0 Å². The Bertz CT molecular complexity index is 363. The first-order chi connectivity index (χ1) is 10.5. The van der Waals surface area contributed by atoms with Gasteiger partial charge in [0.1, 0.15) is 0 Å². The average Bonchev–Trinajstić information content (AvgIpc) is 2.47. The summed E-state index contributed by atoms with van der Waals surface area (Å²) in [7, 11) is 0. The number of carbonyl (C=O) groups excluding carboxylic acids is 1. The Morgan fingerprint density at radius 2 is 1.82 bits per heavy atom. The fourth-order valence-corrected chi connectivity index (χ4v) is 9.28. The first kappa shape index (κ1) is 19.3. The van der Waals surface area contributed by atoms with Gasteiger partial charge in [-0.25, -0.2) is 0 Å². The second-order valence-electron chi connectivity index (χ2n) is 7.56. The Labute approximate surface area is 161 Å². The van der Waals surface area contributed by atoms with Crippen LogP contribution in [0.5, 0.6) is 0 Å². The minimum atomic E-state index is 0.183. The van der Waals surface area contributed by atoms with Crippen molar-refractivity contribution >= 4 is 26.5 Å². The van der Waals surface area contributed by atoms with E-state index in [0.29, 0.717) is 3.42 Å². The number of likely N-dealkylation sites (tertiary alicyclic amines) is 1. The second-order valence-corrected chi connectivity index (χ2v) is 13.5. The fourth-order valence-electron chi connectivity index (χ4n) is 3.91. The Morgan fingerprint density at radius 1 is 1.09 bits per heavy atom. The molecular weight excluding hydrogens is 500 g/mol. The van der Waals surface area contributed by atoms with Crippen LogP contribution < -0.4 is 21.2 Å². The van der Waals surface area contributed by atoms with Crippen LogP contribution in [0, 0.1) is 5.92 Å². The number of hydrogen-bond donors (Lipinski definition) is 0. The number of rotatable bonds is 2. The van der Waals surface area contributed by atoms with Crippen molar-refractivity contribution in [2.45, 2.75) is 85.4 Å². The maximum absolute atomic E-state index is 11.7. The van der Waals surface area contributed by atoms with E-state index in [2.05, 4.69) is 18.7 Å². The van der Waals surface area contributed by atoms with Gasteiger partial charge in [0.25, 0.3) is 0 Å². The van der Waals surface area contributed by atoms with Gasteiger partial charge in [0, 0.05) is 0 Å². The van der Waals surface area contributed by atoms with Gasteiger partial charge >= 0.3 is 162 Å². The molecule has 2 nitrogen and oxygen atoms in total.